The van der Waals surface area contributed by atoms with Crippen LogP contribution in [0.3, 0.4) is 0 Å². The highest BCUT2D eigenvalue weighted by Gasteiger charge is 2.53. The maximum atomic E-state index is 11.2. The van der Waals surface area contributed by atoms with Gasteiger partial charge in [-0.15, -0.1) is 23.5 Å². The maximum absolute atomic E-state index is 11.2. The molecule has 1 fully saturated rings. The number of aldehydes is 1. The molecule has 0 spiro atoms. The third-order valence-electron chi connectivity index (χ3n) is 5.01. The molecule has 0 aliphatic carbocycles. The Morgan fingerprint density at radius 2 is 1.46 bits per heavy atom. The number of hydrogen-bond donors (Lipinski definition) is 0. The summed E-state index contributed by atoms with van der Waals surface area (Å²) in [6, 6.07) is 22.1. The normalized spacial score (nSPS) is 17.4. The topological polar surface area (TPSA) is 17.1 Å². The lowest BCUT2D eigenvalue weighted by atomic mass is 10.3. The van der Waals surface area contributed by atoms with Gasteiger partial charge >= 0.3 is 0 Å². The highest BCUT2D eigenvalue weighted by Crippen LogP contribution is 2.51. The van der Waals surface area contributed by atoms with Crippen molar-refractivity contribution in [3.05, 3.63) is 60.7 Å². The van der Waals surface area contributed by atoms with Crippen LogP contribution in [0.1, 0.15) is 19.3 Å². The van der Waals surface area contributed by atoms with Crippen molar-refractivity contribution in [2.24, 2.45) is 0 Å². The van der Waals surface area contributed by atoms with Gasteiger partial charge in [-0.05, 0) is 24.3 Å². The van der Waals surface area contributed by atoms with Crippen LogP contribution in [0.5, 0.6) is 0 Å². The molecule has 0 N–H and O–H groups in total. The van der Waals surface area contributed by atoms with E-state index in [0.29, 0.717) is 6.42 Å². The molecule has 4 heteroatoms. The fourth-order valence-electron chi connectivity index (χ4n) is 3.66. The van der Waals surface area contributed by atoms with Crippen LogP contribution < -0.4 is 10.4 Å². The highest BCUT2D eigenvalue weighted by atomic mass is 32.2. The van der Waals surface area contributed by atoms with E-state index >= 15 is 0 Å². The number of thioether (sulfide) groups is 2. The molecule has 0 saturated carbocycles. The maximum Gasteiger partial charge on any atom is 0.142 e. The average Bonchev–Trinajstić information content (AvgIpc) is 2.68. The van der Waals surface area contributed by atoms with Crippen molar-refractivity contribution < 1.29 is 4.79 Å². The van der Waals surface area contributed by atoms with E-state index < -0.39 is 8.07 Å². The van der Waals surface area contributed by atoms with E-state index in [0.717, 1.165) is 12.7 Å². The van der Waals surface area contributed by atoms with E-state index in [1.54, 1.807) is 0 Å². The second-order valence-electron chi connectivity index (χ2n) is 6.37. The highest BCUT2D eigenvalue weighted by molar-refractivity contribution is 8.21. The molecule has 1 heterocycles. The number of rotatable bonds is 6. The van der Waals surface area contributed by atoms with Gasteiger partial charge in [0.05, 0.1) is 3.70 Å². The molecular formula is C20H24OS2Si. The molecule has 2 aromatic carbocycles. The van der Waals surface area contributed by atoms with Crippen LogP contribution in [0.15, 0.2) is 60.7 Å². The zero-order valence-corrected chi connectivity index (χ0v) is 16.7. The minimum absolute atomic E-state index is 0.134. The zero-order valence-electron chi connectivity index (χ0n) is 14.1. The van der Waals surface area contributed by atoms with Gasteiger partial charge in [-0.1, -0.05) is 77.6 Å². The number of carbonyl (C=O) groups excluding carboxylic acids is 1. The van der Waals surface area contributed by atoms with Crippen molar-refractivity contribution in [3.63, 3.8) is 0 Å². The van der Waals surface area contributed by atoms with Crippen LogP contribution in [0, 0.1) is 0 Å². The van der Waals surface area contributed by atoms with Crippen molar-refractivity contribution in [1.82, 2.24) is 0 Å². The molecule has 0 radical (unpaired) electrons. The van der Waals surface area contributed by atoms with Crippen LogP contribution in [0.4, 0.5) is 0 Å². The van der Waals surface area contributed by atoms with Crippen LogP contribution in [-0.4, -0.2) is 29.6 Å². The Labute approximate surface area is 154 Å². The van der Waals surface area contributed by atoms with E-state index in [-0.39, 0.29) is 3.70 Å². The quantitative estimate of drug-likeness (QED) is 0.564. The first-order valence-corrected chi connectivity index (χ1v) is 13.0. The Bertz CT molecular complexity index is 614. The molecule has 1 saturated heterocycles. The molecule has 126 valence electrons. The van der Waals surface area contributed by atoms with Gasteiger partial charge in [-0.25, -0.2) is 0 Å². The van der Waals surface area contributed by atoms with Gasteiger partial charge in [-0.3, -0.25) is 0 Å². The summed E-state index contributed by atoms with van der Waals surface area (Å²) < 4.78 is 0.134. The summed E-state index contributed by atoms with van der Waals surface area (Å²) in [5.74, 6) is 2.40. The number of benzene rings is 2. The first-order valence-electron chi connectivity index (χ1n) is 8.55. The molecule has 2 aromatic rings. The minimum Gasteiger partial charge on any atom is -0.303 e. The van der Waals surface area contributed by atoms with Gasteiger partial charge in [0.15, 0.2) is 0 Å². The second kappa shape index (κ2) is 7.94. The fourth-order valence-corrected chi connectivity index (χ4v) is 14.3. The summed E-state index contributed by atoms with van der Waals surface area (Å²) in [7, 11) is -2.02. The third-order valence-corrected chi connectivity index (χ3v) is 16.1. The van der Waals surface area contributed by atoms with E-state index in [2.05, 4.69) is 90.7 Å². The smallest absolute Gasteiger partial charge is 0.142 e. The van der Waals surface area contributed by atoms with Crippen LogP contribution >= 0.6 is 23.5 Å². The van der Waals surface area contributed by atoms with Gasteiger partial charge in [0.25, 0.3) is 0 Å². The molecule has 1 aliphatic rings. The van der Waals surface area contributed by atoms with Gasteiger partial charge in [0, 0.05) is 6.42 Å². The van der Waals surface area contributed by atoms with Gasteiger partial charge in [-0.2, -0.15) is 0 Å². The average molecular weight is 373 g/mol. The van der Waals surface area contributed by atoms with Crippen molar-refractivity contribution in [2.45, 2.75) is 29.5 Å². The lowest BCUT2D eigenvalue weighted by Gasteiger charge is -2.49. The van der Waals surface area contributed by atoms with Crippen molar-refractivity contribution in [2.75, 3.05) is 11.5 Å². The molecule has 3 rings (SSSR count). The Morgan fingerprint density at radius 3 is 1.92 bits per heavy atom. The summed E-state index contributed by atoms with van der Waals surface area (Å²) in [6.45, 7) is 2.51. The Hall–Kier alpha value is -0.973. The Balaban J connectivity index is 2.17. The first-order chi connectivity index (χ1) is 11.7. The van der Waals surface area contributed by atoms with Gasteiger partial charge < -0.3 is 4.79 Å². The monoisotopic (exact) mass is 372 g/mol. The molecule has 0 amide bonds. The predicted molar refractivity (Wildman–Crippen MR) is 111 cm³/mol. The molecule has 1 nitrogen and oxygen atoms in total. The number of hydrogen-bond acceptors (Lipinski definition) is 3. The first kappa shape index (κ1) is 17.8. The molecule has 1 aliphatic heterocycles. The predicted octanol–water partition coefficient (Wildman–Crippen LogP) is 3.96. The molecule has 0 aromatic heterocycles. The molecule has 0 unspecified atom stereocenters. The lowest BCUT2D eigenvalue weighted by molar-refractivity contribution is -0.107. The third kappa shape index (κ3) is 3.24. The van der Waals surface area contributed by atoms with E-state index in [9.17, 15) is 4.79 Å². The van der Waals surface area contributed by atoms with Crippen LogP contribution in [-0.2, 0) is 4.79 Å². The fraction of sp³-hybridized carbons (Fsp3) is 0.350. The summed E-state index contributed by atoms with van der Waals surface area (Å²) in [4.78, 5) is 11.2. The van der Waals surface area contributed by atoms with Crippen LogP contribution in [0.2, 0.25) is 6.55 Å². The van der Waals surface area contributed by atoms with E-state index in [4.69, 9.17) is 0 Å². The Morgan fingerprint density at radius 1 is 0.958 bits per heavy atom. The van der Waals surface area contributed by atoms with Crippen LogP contribution in [0.25, 0.3) is 0 Å². The molecule has 24 heavy (non-hydrogen) atoms. The Kier molecular flexibility index (Phi) is 5.90. The molecule has 0 atom stereocenters. The van der Waals surface area contributed by atoms with Crippen molar-refractivity contribution in [3.8, 4) is 0 Å². The largest absolute Gasteiger partial charge is 0.303 e. The van der Waals surface area contributed by atoms with Gasteiger partial charge in [0.1, 0.15) is 14.4 Å². The van der Waals surface area contributed by atoms with Crippen molar-refractivity contribution in [1.29, 1.82) is 0 Å². The van der Waals surface area contributed by atoms with Crippen molar-refractivity contribution >= 4 is 48.3 Å². The summed E-state index contributed by atoms with van der Waals surface area (Å²) in [5, 5.41) is 2.95. The summed E-state index contributed by atoms with van der Waals surface area (Å²) in [5.41, 5.74) is 0. The lowest BCUT2D eigenvalue weighted by Crippen LogP contribution is -2.69. The molecular weight excluding hydrogens is 348 g/mol. The van der Waals surface area contributed by atoms with E-state index in [1.165, 1.54) is 28.3 Å². The minimum atomic E-state index is -2.02. The standard InChI is InChI=1S/C20H24OS2Si/c1-24(18-10-4-2-5-11-18,19-12-6-3-7-13-19)20(14-8-15-21)22-16-9-17-23-20/h2-7,10-13,15H,8-9,14,16-17H2,1H3. The number of carbonyl (C=O) groups is 1. The van der Waals surface area contributed by atoms with E-state index in [1.807, 2.05) is 0 Å². The van der Waals surface area contributed by atoms with Gasteiger partial charge in [0.2, 0.25) is 0 Å². The summed E-state index contributed by atoms with van der Waals surface area (Å²) in [6.07, 6.45) is 4.00. The SMILES string of the molecule is C[Si](c1ccccc1)(c1ccccc1)C1(CCC=O)SCCCS1. The summed E-state index contributed by atoms with van der Waals surface area (Å²) >= 11 is 4.23. The second-order valence-corrected chi connectivity index (χ2v) is 14.4. The molecule has 0 bridgehead atoms. The zero-order chi connectivity index (χ0) is 16.9.